The zero-order chi connectivity index (χ0) is 21.0. The molecule has 1 unspecified atom stereocenters. The molecule has 0 aliphatic carbocycles. The molecule has 0 bridgehead atoms. The summed E-state index contributed by atoms with van der Waals surface area (Å²) in [6.07, 6.45) is 1.69. The molecule has 1 aromatic carbocycles. The van der Waals surface area contributed by atoms with Crippen LogP contribution in [0, 0.1) is 5.82 Å². The van der Waals surface area contributed by atoms with E-state index in [1.165, 1.54) is 12.1 Å². The van der Waals surface area contributed by atoms with Gasteiger partial charge in [-0.2, -0.15) is 5.10 Å². The molecule has 158 valence electrons. The van der Waals surface area contributed by atoms with E-state index in [0.717, 1.165) is 31.7 Å². The van der Waals surface area contributed by atoms with E-state index >= 15 is 0 Å². The monoisotopic (exact) mass is 403 g/mol. The fraction of sp³-hybridized carbons (Fsp3) is 0.524. The van der Waals surface area contributed by atoms with Gasteiger partial charge < -0.3 is 10.1 Å². The standard InChI is InChI=1S/C21H30FN5O2/c1-15(2)27-20(7-8-23-27)24-21(28)16(3)26-11-9-25(10-12-26)14-17-13-18(22)5-6-19(17)29-4/h5-8,13,15-16H,9-12,14H2,1-4H3,(H,24,28). The van der Waals surface area contributed by atoms with E-state index in [4.69, 9.17) is 4.74 Å². The molecular weight excluding hydrogens is 373 g/mol. The number of rotatable bonds is 7. The average molecular weight is 404 g/mol. The van der Waals surface area contributed by atoms with Crippen molar-refractivity contribution in [3.63, 3.8) is 0 Å². The molecule has 2 heterocycles. The quantitative estimate of drug-likeness (QED) is 0.770. The molecule has 8 heteroatoms. The Hall–Kier alpha value is -2.45. The molecule has 1 aliphatic rings. The van der Waals surface area contributed by atoms with Crippen molar-refractivity contribution in [3.05, 3.63) is 41.8 Å². The number of methoxy groups -OCH3 is 1. The number of anilines is 1. The summed E-state index contributed by atoms with van der Waals surface area (Å²) < 4.78 is 20.7. The number of halogens is 1. The lowest BCUT2D eigenvalue weighted by atomic mass is 10.1. The Morgan fingerprint density at radius 1 is 1.21 bits per heavy atom. The van der Waals surface area contributed by atoms with Gasteiger partial charge in [-0.1, -0.05) is 0 Å². The van der Waals surface area contributed by atoms with Gasteiger partial charge in [-0.05, 0) is 39.0 Å². The van der Waals surface area contributed by atoms with Crippen LogP contribution in [0.1, 0.15) is 32.4 Å². The minimum Gasteiger partial charge on any atom is -0.496 e. The van der Waals surface area contributed by atoms with Gasteiger partial charge in [0, 0.05) is 50.4 Å². The zero-order valence-corrected chi connectivity index (χ0v) is 17.6. The Balaban J connectivity index is 1.54. The van der Waals surface area contributed by atoms with Crippen LogP contribution in [0.15, 0.2) is 30.5 Å². The predicted molar refractivity (Wildman–Crippen MR) is 111 cm³/mol. The second kappa shape index (κ2) is 9.37. The number of piperazine rings is 1. The Morgan fingerprint density at radius 2 is 1.93 bits per heavy atom. The van der Waals surface area contributed by atoms with Gasteiger partial charge in [-0.3, -0.25) is 14.6 Å². The molecule has 7 nitrogen and oxygen atoms in total. The highest BCUT2D eigenvalue weighted by Crippen LogP contribution is 2.22. The summed E-state index contributed by atoms with van der Waals surface area (Å²) in [5, 5.41) is 7.24. The number of carbonyl (C=O) groups excluding carboxylic acids is 1. The first-order valence-corrected chi connectivity index (χ1v) is 10.0. The van der Waals surface area contributed by atoms with Crippen LogP contribution in [0.5, 0.6) is 5.75 Å². The van der Waals surface area contributed by atoms with Crippen LogP contribution >= 0.6 is 0 Å². The highest BCUT2D eigenvalue weighted by atomic mass is 19.1. The van der Waals surface area contributed by atoms with Gasteiger partial charge in [-0.15, -0.1) is 0 Å². The predicted octanol–water partition coefficient (Wildman–Crippen LogP) is 2.76. The molecule has 1 aliphatic heterocycles. The molecule has 0 spiro atoms. The zero-order valence-electron chi connectivity index (χ0n) is 17.6. The SMILES string of the molecule is COc1ccc(F)cc1CN1CCN(C(C)C(=O)Nc2ccnn2C(C)C)CC1. The maximum absolute atomic E-state index is 13.6. The summed E-state index contributed by atoms with van der Waals surface area (Å²) in [5.41, 5.74) is 0.841. The van der Waals surface area contributed by atoms with Crippen LogP contribution in [0.2, 0.25) is 0 Å². The normalized spacial score (nSPS) is 16.8. The molecule has 1 N–H and O–H groups in total. The molecule has 1 aromatic heterocycles. The van der Waals surface area contributed by atoms with Gasteiger partial charge in [0.2, 0.25) is 5.91 Å². The first kappa shape index (κ1) is 21.3. The van der Waals surface area contributed by atoms with Crippen molar-refractivity contribution in [1.82, 2.24) is 19.6 Å². The molecule has 29 heavy (non-hydrogen) atoms. The van der Waals surface area contributed by atoms with E-state index in [-0.39, 0.29) is 23.8 Å². The fourth-order valence-electron chi connectivity index (χ4n) is 3.64. The summed E-state index contributed by atoms with van der Waals surface area (Å²) in [7, 11) is 1.60. The summed E-state index contributed by atoms with van der Waals surface area (Å²) in [6, 6.07) is 6.35. The number of carbonyl (C=O) groups is 1. The first-order chi connectivity index (χ1) is 13.9. The largest absolute Gasteiger partial charge is 0.496 e. The molecule has 1 saturated heterocycles. The molecule has 2 aromatic rings. The van der Waals surface area contributed by atoms with Gasteiger partial charge in [0.15, 0.2) is 0 Å². The van der Waals surface area contributed by atoms with Crippen LogP contribution < -0.4 is 10.1 Å². The summed E-state index contributed by atoms with van der Waals surface area (Å²) >= 11 is 0. The van der Waals surface area contributed by atoms with Crippen LogP contribution in [-0.4, -0.2) is 64.8 Å². The Bertz CT molecular complexity index is 830. The smallest absolute Gasteiger partial charge is 0.242 e. The number of aromatic nitrogens is 2. The second-order valence-corrected chi connectivity index (χ2v) is 7.69. The molecular formula is C21H30FN5O2. The minimum absolute atomic E-state index is 0.0346. The lowest BCUT2D eigenvalue weighted by molar-refractivity contribution is -0.121. The topological polar surface area (TPSA) is 62.6 Å². The molecule has 1 fully saturated rings. The third kappa shape index (κ3) is 5.13. The second-order valence-electron chi connectivity index (χ2n) is 7.69. The number of nitrogens with zero attached hydrogens (tertiary/aromatic N) is 4. The van der Waals surface area contributed by atoms with E-state index < -0.39 is 0 Å². The summed E-state index contributed by atoms with van der Waals surface area (Å²) in [6.45, 7) is 9.77. The average Bonchev–Trinajstić information content (AvgIpc) is 3.16. The maximum atomic E-state index is 13.6. The van der Waals surface area contributed by atoms with Crippen LogP contribution in [0.3, 0.4) is 0 Å². The molecule has 1 amide bonds. The number of ether oxygens (including phenoxy) is 1. The lowest BCUT2D eigenvalue weighted by Crippen LogP contribution is -2.52. The minimum atomic E-state index is -0.259. The van der Waals surface area contributed by atoms with E-state index in [0.29, 0.717) is 18.1 Å². The molecule has 3 rings (SSSR count). The number of benzene rings is 1. The maximum Gasteiger partial charge on any atom is 0.242 e. The highest BCUT2D eigenvalue weighted by molar-refractivity contribution is 5.93. The Kier molecular flexibility index (Phi) is 6.87. The van der Waals surface area contributed by atoms with Crippen molar-refractivity contribution in [3.8, 4) is 5.75 Å². The third-order valence-electron chi connectivity index (χ3n) is 5.38. The van der Waals surface area contributed by atoms with E-state index in [2.05, 4.69) is 20.2 Å². The van der Waals surface area contributed by atoms with Gasteiger partial charge in [0.25, 0.3) is 0 Å². The van der Waals surface area contributed by atoms with Crippen LogP contribution in [0.4, 0.5) is 10.2 Å². The number of hydrogen-bond acceptors (Lipinski definition) is 5. The number of amides is 1. The molecule has 0 radical (unpaired) electrons. The molecule has 1 atom stereocenters. The Morgan fingerprint density at radius 3 is 2.59 bits per heavy atom. The van der Waals surface area contributed by atoms with Gasteiger partial charge >= 0.3 is 0 Å². The third-order valence-corrected chi connectivity index (χ3v) is 5.38. The van der Waals surface area contributed by atoms with Crippen molar-refractivity contribution in [1.29, 1.82) is 0 Å². The van der Waals surface area contributed by atoms with E-state index in [1.807, 2.05) is 26.8 Å². The number of hydrogen-bond donors (Lipinski definition) is 1. The first-order valence-electron chi connectivity index (χ1n) is 10.0. The summed E-state index contributed by atoms with van der Waals surface area (Å²) in [5.74, 6) is 1.12. The van der Waals surface area contributed by atoms with Gasteiger partial charge in [-0.25, -0.2) is 9.07 Å². The van der Waals surface area contributed by atoms with Crippen molar-refractivity contribution >= 4 is 11.7 Å². The number of nitrogens with one attached hydrogen (secondary N) is 1. The fourth-order valence-corrected chi connectivity index (χ4v) is 3.64. The van der Waals surface area contributed by atoms with Gasteiger partial charge in [0.1, 0.15) is 17.4 Å². The van der Waals surface area contributed by atoms with Crippen molar-refractivity contribution in [2.75, 3.05) is 38.6 Å². The molecule has 0 saturated carbocycles. The van der Waals surface area contributed by atoms with Crippen molar-refractivity contribution in [2.45, 2.75) is 39.4 Å². The van der Waals surface area contributed by atoms with Crippen molar-refractivity contribution < 1.29 is 13.9 Å². The van der Waals surface area contributed by atoms with Gasteiger partial charge in [0.05, 0.1) is 19.3 Å². The van der Waals surface area contributed by atoms with Crippen molar-refractivity contribution in [2.24, 2.45) is 0 Å². The highest BCUT2D eigenvalue weighted by Gasteiger charge is 2.26. The Labute approximate surface area is 171 Å². The summed E-state index contributed by atoms with van der Waals surface area (Å²) in [4.78, 5) is 17.1. The van der Waals surface area contributed by atoms with E-state index in [1.54, 1.807) is 24.1 Å². The van der Waals surface area contributed by atoms with E-state index in [9.17, 15) is 9.18 Å². The lowest BCUT2D eigenvalue weighted by Gasteiger charge is -2.37. The van der Waals surface area contributed by atoms with Crippen LogP contribution in [-0.2, 0) is 11.3 Å². The van der Waals surface area contributed by atoms with Crippen LogP contribution in [0.25, 0.3) is 0 Å².